The van der Waals surface area contributed by atoms with Crippen molar-refractivity contribution in [1.82, 2.24) is 9.88 Å². The van der Waals surface area contributed by atoms with Crippen LogP contribution in [0.3, 0.4) is 0 Å². The number of ether oxygens (including phenoxy) is 1. The molecule has 1 unspecified atom stereocenters. The molecule has 1 aromatic heterocycles. The zero-order valence-electron chi connectivity index (χ0n) is 15.1. The van der Waals surface area contributed by atoms with Crippen molar-refractivity contribution in [3.63, 3.8) is 0 Å². The summed E-state index contributed by atoms with van der Waals surface area (Å²) in [5.41, 5.74) is 3.84. The molecule has 2 aliphatic carbocycles. The number of nitrogens with zero attached hydrogens (tertiary/aromatic N) is 3. The van der Waals surface area contributed by atoms with E-state index in [1.165, 1.54) is 63.0 Å². The number of likely N-dealkylation sites (tertiary alicyclic amines) is 1. The maximum atomic E-state index is 5.89. The van der Waals surface area contributed by atoms with Gasteiger partial charge in [0.1, 0.15) is 6.61 Å². The Labute approximate surface area is 150 Å². The number of hydrogen-bond acceptors (Lipinski definition) is 4. The highest BCUT2D eigenvalue weighted by Gasteiger charge is 2.29. The van der Waals surface area contributed by atoms with Crippen molar-refractivity contribution in [2.24, 2.45) is 11.8 Å². The zero-order chi connectivity index (χ0) is 16.6. The molecular weight excluding hydrogens is 310 g/mol. The smallest absolute Gasteiger partial charge is 0.161 e. The summed E-state index contributed by atoms with van der Waals surface area (Å²) in [7, 11) is 0. The van der Waals surface area contributed by atoms with Gasteiger partial charge in [0, 0.05) is 25.2 Å². The molecule has 4 nitrogen and oxygen atoms in total. The molecule has 1 atom stereocenters. The minimum absolute atomic E-state index is 0.791. The summed E-state index contributed by atoms with van der Waals surface area (Å²) in [5.74, 6) is 2.87. The molecule has 2 aliphatic heterocycles. The van der Waals surface area contributed by atoms with E-state index in [4.69, 9.17) is 4.74 Å². The first kappa shape index (κ1) is 15.7. The topological polar surface area (TPSA) is 28.6 Å². The van der Waals surface area contributed by atoms with E-state index in [0.717, 1.165) is 49.4 Å². The summed E-state index contributed by atoms with van der Waals surface area (Å²) in [4.78, 5) is 9.85. The van der Waals surface area contributed by atoms with Crippen LogP contribution in [-0.4, -0.2) is 49.2 Å². The summed E-state index contributed by atoms with van der Waals surface area (Å²) < 4.78 is 5.89. The maximum absolute atomic E-state index is 5.89. The zero-order valence-corrected chi connectivity index (χ0v) is 15.1. The predicted octanol–water partition coefficient (Wildman–Crippen LogP) is 3.36. The predicted molar refractivity (Wildman–Crippen MR) is 101 cm³/mol. The van der Waals surface area contributed by atoms with Gasteiger partial charge in [-0.2, -0.15) is 0 Å². The monoisotopic (exact) mass is 339 g/mol. The Morgan fingerprint density at radius 3 is 3.00 bits per heavy atom. The third kappa shape index (κ3) is 3.05. The third-order valence-electron chi connectivity index (χ3n) is 6.60. The van der Waals surface area contributed by atoms with E-state index < -0.39 is 0 Å². The van der Waals surface area contributed by atoms with Gasteiger partial charge in [0.25, 0.3) is 0 Å². The van der Waals surface area contributed by atoms with Crippen LogP contribution in [0, 0.1) is 11.8 Å². The molecule has 4 heteroatoms. The lowest BCUT2D eigenvalue weighted by Crippen LogP contribution is -2.36. The minimum Gasteiger partial charge on any atom is -0.488 e. The Morgan fingerprint density at radius 1 is 1.16 bits per heavy atom. The lowest BCUT2D eigenvalue weighted by Gasteiger charge is -2.33. The fourth-order valence-electron chi connectivity index (χ4n) is 4.92. The van der Waals surface area contributed by atoms with Crippen LogP contribution in [0.25, 0.3) is 6.08 Å². The highest BCUT2D eigenvalue weighted by atomic mass is 16.5. The third-order valence-corrected chi connectivity index (χ3v) is 6.60. The van der Waals surface area contributed by atoms with Gasteiger partial charge in [0.15, 0.2) is 5.75 Å². The minimum atomic E-state index is 0.791. The van der Waals surface area contributed by atoms with Crippen molar-refractivity contribution >= 4 is 11.8 Å². The molecule has 2 fully saturated rings. The van der Waals surface area contributed by atoms with Gasteiger partial charge in [0.2, 0.25) is 0 Å². The second kappa shape index (κ2) is 6.64. The van der Waals surface area contributed by atoms with Gasteiger partial charge in [0.05, 0.1) is 24.1 Å². The molecule has 5 rings (SSSR count). The number of hydrogen-bond donors (Lipinski definition) is 0. The van der Waals surface area contributed by atoms with Gasteiger partial charge in [-0.15, -0.1) is 0 Å². The molecule has 1 saturated heterocycles. The first-order valence-corrected chi connectivity index (χ1v) is 10.2. The van der Waals surface area contributed by atoms with Crippen LogP contribution in [0.4, 0.5) is 5.69 Å². The highest BCUT2D eigenvalue weighted by Crippen LogP contribution is 2.39. The Balaban J connectivity index is 1.21. The largest absolute Gasteiger partial charge is 0.488 e. The summed E-state index contributed by atoms with van der Waals surface area (Å²) in [5, 5.41) is 0. The van der Waals surface area contributed by atoms with E-state index in [-0.39, 0.29) is 0 Å². The first-order chi connectivity index (χ1) is 12.4. The van der Waals surface area contributed by atoms with Crippen LogP contribution in [0.5, 0.6) is 5.75 Å². The van der Waals surface area contributed by atoms with Crippen LogP contribution in [0.15, 0.2) is 12.3 Å². The van der Waals surface area contributed by atoms with Crippen LogP contribution in [0.2, 0.25) is 0 Å². The average Bonchev–Trinajstić information content (AvgIpc) is 3.25. The lowest BCUT2D eigenvalue weighted by atomic mass is 9.85. The maximum Gasteiger partial charge on any atom is 0.161 e. The molecule has 1 aromatic rings. The molecule has 1 saturated carbocycles. The van der Waals surface area contributed by atoms with Crippen LogP contribution >= 0.6 is 0 Å². The Hall–Kier alpha value is -1.55. The molecule has 0 amide bonds. The van der Waals surface area contributed by atoms with Gasteiger partial charge in [-0.1, -0.05) is 12.5 Å². The number of allylic oxidation sites excluding steroid dienone is 1. The number of rotatable bonds is 5. The number of pyridine rings is 1. The Morgan fingerprint density at radius 2 is 2.12 bits per heavy atom. The molecule has 0 spiro atoms. The van der Waals surface area contributed by atoms with Crippen molar-refractivity contribution < 1.29 is 4.74 Å². The van der Waals surface area contributed by atoms with Crippen molar-refractivity contribution in [2.45, 2.75) is 38.5 Å². The van der Waals surface area contributed by atoms with E-state index in [1.54, 1.807) is 0 Å². The molecular formula is C21H29N3O. The van der Waals surface area contributed by atoms with Gasteiger partial charge >= 0.3 is 0 Å². The summed E-state index contributed by atoms with van der Waals surface area (Å²) in [6.45, 7) is 6.98. The van der Waals surface area contributed by atoms with E-state index in [0.29, 0.717) is 0 Å². The Kier molecular flexibility index (Phi) is 4.16. The molecule has 0 bridgehead atoms. The fraction of sp³-hybridized carbons (Fsp3) is 0.667. The van der Waals surface area contributed by atoms with Crippen LogP contribution in [0.1, 0.15) is 43.4 Å². The first-order valence-electron chi connectivity index (χ1n) is 10.2. The van der Waals surface area contributed by atoms with Crippen LogP contribution in [-0.2, 0) is 6.42 Å². The molecule has 3 heterocycles. The van der Waals surface area contributed by atoms with Gasteiger partial charge in [-0.3, -0.25) is 4.98 Å². The summed E-state index contributed by atoms with van der Waals surface area (Å²) in [6, 6.07) is 0. The fourth-order valence-corrected chi connectivity index (χ4v) is 4.92. The number of anilines is 1. The quantitative estimate of drug-likeness (QED) is 0.822. The number of aromatic nitrogens is 1. The van der Waals surface area contributed by atoms with Gasteiger partial charge in [-0.25, -0.2) is 0 Å². The van der Waals surface area contributed by atoms with Crippen molar-refractivity contribution in [3.05, 3.63) is 23.5 Å². The SMILES string of the molecule is C1=Cc2ncc3c(c2C1)N(CCC1CCN(CC2CCC2)C1)CCO3. The van der Waals surface area contributed by atoms with Crippen LogP contribution < -0.4 is 9.64 Å². The molecule has 0 N–H and O–H groups in total. The molecule has 4 aliphatic rings. The second-order valence-corrected chi connectivity index (χ2v) is 8.28. The van der Waals surface area contributed by atoms with Crippen molar-refractivity contribution in [2.75, 3.05) is 44.2 Å². The highest BCUT2D eigenvalue weighted by molar-refractivity contribution is 5.73. The molecule has 134 valence electrons. The Bertz CT molecular complexity index is 667. The molecule has 25 heavy (non-hydrogen) atoms. The molecule has 0 aromatic carbocycles. The van der Waals surface area contributed by atoms with Gasteiger partial charge < -0.3 is 14.5 Å². The second-order valence-electron chi connectivity index (χ2n) is 8.28. The van der Waals surface area contributed by atoms with Crippen molar-refractivity contribution in [1.29, 1.82) is 0 Å². The average molecular weight is 339 g/mol. The number of fused-ring (bicyclic) bond motifs is 3. The lowest BCUT2D eigenvalue weighted by molar-refractivity contribution is 0.200. The van der Waals surface area contributed by atoms with E-state index >= 15 is 0 Å². The van der Waals surface area contributed by atoms with E-state index in [2.05, 4.69) is 26.9 Å². The normalized spacial score (nSPS) is 25.6. The van der Waals surface area contributed by atoms with E-state index in [9.17, 15) is 0 Å². The summed E-state index contributed by atoms with van der Waals surface area (Å²) >= 11 is 0. The standard InChI is InChI=1S/C21H29N3O/c1-3-16(4-1)14-23-9-7-17(15-23)8-10-24-11-12-25-20-13-22-19-6-2-5-18(19)21(20)24/h2,6,13,16-17H,1,3-5,7-12,14-15H2. The van der Waals surface area contributed by atoms with E-state index in [1.807, 2.05) is 6.20 Å². The summed E-state index contributed by atoms with van der Waals surface area (Å²) in [6.07, 6.45) is 14.4. The van der Waals surface area contributed by atoms with Crippen molar-refractivity contribution in [3.8, 4) is 5.75 Å². The van der Waals surface area contributed by atoms with Gasteiger partial charge in [-0.05, 0) is 56.6 Å². The molecule has 0 radical (unpaired) electrons.